The molecule has 1 saturated carbocycles. The molecule has 1 aromatic carbocycles. The second-order valence-electron chi connectivity index (χ2n) is 5.48. The molecule has 2 unspecified atom stereocenters. The van der Waals surface area contributed by atoms with Crippen molar-refractivity contribution in [1.29, 1.82) is 0 Å². The van der Waals surface area contributed by atoms with Gasteiger partial charge in [-0.1, -0.05) is 19.4 Å². The van der Waals surface area contributed by atoms with Gasteiger partial charge in [-0.15, -0.1) is 0 Å². The van der Waals surface area contributed by atoms with Crippen molar-refractivity contribution >= 4 is 0 Å². The van der Waals surface area contributed by atoms with E-state index in [1.807, 2.05) is 6.07 Å². The Balaban J connectivity index is 2.03. The quantitative estimate of drug-likeness (QED) is 0.886. The third kappa shape index (κ3) is 3.22. The molecule has 0 radical (unpaired) electrons. The Labute approximate surface area is 108 Å². The van der Waals surface area contributed by atoms with Crippen LogP contribution < -0.4 is 10.5 Å². The van der Waals surface area contributed by atoms with Gasteiger partial charge in [0.1, 0.15) is 11.6 Å². The molecule has 1 aromatic rings. The van der Waals surface area contributed by atoms with Gasteiger partial charge in [0.15, 0.2) is 0 Å². The standard InChI is InChI=1S/C15H22FNO/c1-10-4-3-5-12(8-10)18-13-6-7-14(11(2)17)15(16)9-13/h6-7,9-12H,3-5,8,17H2,1-2H3/t10?,11-,12?/m0/s1. The molecule has 1 aliphatic rings. The summed E-state index contributed by atoms with van der Waals surface area (Å²) in [5.41, 5.74) is 6.23. The number of rotatable bonds is 3. The summed E-state index contributed by atoms with van der Waals surface area (Å²) in [5, 5.41) is 0. The molecule has 0 aliphatic heterocycles. The molecule has 0 saturated heterocycles. The first-order valence-corrected chi connectivity index (χ1v) is 6.78. The lowest BCUT2D eigenvalue weighted by Gasteiger charge is -2.27. The molecule has 0 bridgehead atoms. The van der Waals surface area contributed by atoms with Gasteiger partial charge in [-0.05, 0) is 38.2 Å². The SMILES string of the molecule is CC1CCCC(Oc2ccc([C@H](C)N)c(F)c2)C1. The molecule has 0 aromatic heterocycles. The van der Waals surface area contributed by atoms with Crippen molar-refractivity contribution < 1.29 is 9.13 Å². The van der Waals surface area contributed by atoms with Crippen LogP contribution >= 0.6 is 0 Å². The van der Waals surface area contributed by atoms with E-state index in [4.69, 9.17) is 10.5 Å². The average molecular weight is 251 g/mol. The van der Waals surface area contributed by atoms with E-state index in [1.165, 1.54) is 18.9 Å². The van der Waals surface area contributed by atoms with Crippen molar-refractivity contribution in [1.82, 2.24) is 0 Å². The molecule has 18 heavy (non-hydrogen) atoms. The normalized spacial score (nSPS) is 25.8. The Bertz CT molecular complexity index is 405. The maximum Gasteiger partial charge on any atom is 0.131 e. The van der Waals surface area contributed by atoms with E-state index in [9.17, 15) is 4.39 Å². The lowest BCUT2D eigenvalue weighted by molar-refractivity contribution is 0.129. The molecule has 2 rings (SSSR count). The lowest BCUT2D eigenvalue weighted by Crippen LogP contribution is -2.24. The third-order valence-electron chi connectivity index (χ3n) is 3.65. The minimum Gasteiger partial charge on any atom is -0.490 e. The van der Waals surface area contributed by atoms with Crippen molar-refractivity contribution in [2.24, 2.45) is 11.7 Å². The molecule has 3 heteroatoms. The van der Waals surface area contributed by atoms with Gasteiger partial charge in [0.25, 0.3) is 0 Å². The largest absolute Gasteiger partial charge is 0.490 e. The van der Waals surface area contributed by atoms with E-state index in [0.717, 1.165) is 12.8 Å². The zero-order valence-electron chi connectivity index (χ0n) is 11.2. The lowest BCUT2D eigenvalue weighted by atomic mass is 9.89. The number of hydrogen-bond donors (Lipinski definition) is 1. The maximum atomic E-state index is 13.8. The molecule has 0 amide bonds. The highest BCUT2D eigenvalue weighted by molar-refractivity contribution is 5.30. The van der Waals surface area contributed by atoms with Crippen LogP contribution in [0.5, 0.6) is 5.75 Å². The van der Waals surface area contributed by atoms with Crippen LogP contribution in [0.2, 0.25) is 0 Å². The van der Waals surface area contributed by atoms with Crippen LogP contribution in [0.4, 0.5) is 4.39 Å². The fourth-order valence-electron chi connectivity index (χ4n) is 2.63. The van der Waals surface area contributed by atoms with Crippen molar-refractivity contribution in [2.75, 3.05) is 0 Å². The molecule has 2 N–H and O–H groups in total. The predicted molar refractivity (Wildman–Crippen MR) is 71.1 cm³/mol. The van der Waals surface area contributed by atoms with Crippen LogP contribution in [-0.2, 0) is 0 Å². The summed E-state index contributed by atoms with van der Waals surface area (Å²) >= 11 is 0. The average Bonchev–Trinajstić information content (AvgIpc) is 2.28. The fourth-order valence-corrected chi connectivity index (χ4v) is 2.63. The van der Waals surface area contributed by atoms with Crippen molar-refractivity contribution in [3.05, 3.63) is 29.6 Å². The number of halogens is 1. The number of hydrogen-bond acceptors (Lipinski definition) is 2. The summed E-state index contributed by atoms with van der Waals surface area (Å²) < 4.78 is 19.6. The summed E-state index contributed by atoms with van der Waals surface area (Å²) in [6.45, 7) is 4.02. The molecule has 0 heterocycles. The highest BCUT2D eigenvalue weighted by atomic mass is 19.1. The second kappa shape index (κ2) is 5.70. The first-order valence-electron chi connectivity index (χ1n) is 6.78. The predicted octanol–water partition coefficient (Wildman–Crippen LogP) is 3.80. The number of nitrogens with two attached hydrogens (primary N) is 1. The van der Waals surface area contributed by atoms with Gasteiger partial charge in [-0.3, -0.25) is 0 Å². The molecule has 2 nitrogen and oxygen atoms in total. The number of benzene rings is 1. The molecule has 3 atom stereocenters. The molecular weight excluding hydrogens is 229 g/mol. The van der Waals surface area contributed by atoms with Gasteiger partial charge in [0, 0.05) is 17.7 Å². The topological polar surface area (TPSA) is 35.2 Å². The smallest absolute Gasteiger partial charge is 0.131 e. The fraction of sp³-hybridized carbons (Fsp3) is 0.600. The van der Waals surface area contributed by atoms with Crippen molar-refractivity contribution in [3.63, 3.8) is 0 Å². The molecule has 1 fully saturated rings. The molecule has 1 aliphatic carbocycles. The Morgan fingerprint density at radius 2 is 2.17 bits per heavy atom. The maximum absolute atomic E-state index is 13.8. The van der Waals surface area contributed by atoms with Crippen LogP contribution in [0, 0.1) is 11.7 Å². The first kappa shape index (κ1) is 13.3. The van der Waals surface area contributed by atoms with Crippen LogP contribution in [0.3, 0.4) is 0 Å². The van der Waals surface area contributed by atoms with Gasteiger partial charge in [0.2, 0.25) is 0 Å². The van der Waals surface area contributed by atoms with Crippen molar-refractivity contribution in [3.8, 4) is 5.75 Å². The zero-order valence-corrected chi connectivity index (χ0v) is 11.2. The summed E-state index contributed by atoms with van der Waals surface area (Å²) in [5.74, 6) is 1.05. The van der Waals surface area contributed by atoms with Gasteiger partial charge in [-0.25, -0.2) is 4.39 Å². The summed E-state index contributed by atoms with van der Waals surface area (Å²) in [6.07, 6.45) is 4.84. The van der Waals surface area contributed by atoms with E-state index >= 15 is 0 Å². The molecule has 0 spiro atoms. The van der Waals surface area contributed by atoms with E-state index in [2.05, 4.69) is 6.92 Å². The minimum atomic E-state index is -0.284. The molecule has 100 valence electrons. The van der Waals surface area contributed by atoms with E-state index < -0.39 is 0 Å². The van der Waals surface area contributed by atoms with Gasteiger partial charge in [-0.2, -0.15) is 0 Å². The van der Waals surface area contributed by atoms with Gasteiger partial charge < -0.3 is 10.5 Å². The Morgan fingerprint density at radius 1 is 1.39 bits per heavy atom. The third-order valence-corrected chi connectivity index (χ3v) is 3.65. The van der Waals surface area contributed by atoms with Crippen LogP contribution in [0.15, 0.2) is 18.2 Å². The van der Waals surface area contributed by atoms with Gasteiger partial charge in [0.05, 0.1) is 6.10 Å². The van der Waals surface area contributed by atoms with Crippen molar-refractivity contribution in [2.45, 2.75) is 51.7 Å². The van der Waals surface area contributed by atoms with E-state index in [0.29, 0.717) is 17.2 Å². The minimum absolute atomic E-state index is 0.231. The Kier molecular flexibility index (Phi) is 4.23. The Morgan fingerprint density at radius 3 is 2.78 bits per heavy atom. The number of ether oxygens (including phenoxy) is 1. The summed E-state index contributed by atoms with van der Waals surface area (Å²) in [6, 6.07) is 4.72. The van der Waals surface area contributed by atoms with E-state index in [-0.39, 0.29) is 18.0 Å². The Hall–Kier alpha value is -1.09. The van der Waals surface area contributed by atoms with Gasteiger partial charge >= 0.3 is 0 Å². The zero-order chi connectivity index (χ0) is 13.1. The van der Waals surface area contributed by atoms with Crippen LogP contribution in [-0.4, -0.2) is 6.10 Å². The highest BCUT2D eigenvalue weighted by Gasteiger charge is 2.20. The van der Waals surface area contributed by atoms with Crippen LogP contribution in [0.25, 0.3) is 0 Å². The van der Waals surface area contributed by atoms with E-state index in [1.54, 1.807) is 13.0 Å². The summed E-state index contributed by atoms with van der Waals surface area (Å²) in [4.78, 5) is 0. The molecular formula is C15H22FNO. The first-order chi connectivity index (χ1) is 8.56. The monoisotopic (exact) mass is 251 g/mol. The summed E-state index contributed by atoms with van der Waals surface area (Å²) in [7, 11) is 0. The second-order valence-corrected chi connectivity index (χ2v) is 5.48. The van der Waals surface area contributed by atoms with Crippen LogP contribution in [0.1, 0.15) is 51.1 Å². The highest BCUT2D eigenvalue weighted by Crippen LogP contribution is 2.28.